The number of amides is 4. The number of ether oxygens (including phenoxy) is 1. The lowest BCUT2D eigenvalue weighted by Crippen LogP contribution is -2.45. The highest BCUT2D eigenvalue weighted by atomic mass is 16.5. The first-order valence-corrected chi connectivity index (χ1v) is 9.61. The zero-order valence-electron chi connectivity index (χ0n) is 16.4. The molecule has 1 aromatic carbocycles. The van der Waals surface area contributed by atoms with Gasteiger partial charge in [-0.2, -0.15) is 0 Å². The fraction of sp³-hybridized carbons (Fsp3) is 0.476. The number of imide groups is 1. The zero-order valence-corrected chi connectivity index (χ0v) is 16.4. The van der Waals surface area contributed by atoms with Crippen LogP contribution >= 0.6 is 0 Å². The highest BCUT2D eigenvalue weighted by molar-refractivity contribution is 6.09. The topological polar surface area (TPSA) is 87.7 Å². The molecule has 1 atom stereocenters. The molecule has 0 bridgehead atoms. The van der Waals surface area contributed by atoms with E-state index in [4.69, 9.17) is 4.74 Å². The van der Waals surface area contributed by atoms with Crippen molar-refractivity contribution in [3.05, 3.63) is 42.0 Å². The van der Waals surface area contributed by atoms with Gasteiger partial charge in [0.05, 0.1) is 0 Å². The second-order valence-corrected chi connectivity index (χ2v) is 7.77. The molecule has 2 fully saturated rings. The van der Waals surface area contributed by atoms with E-state index in [9.17, 15) is 14.4 Å². The third kappa shape index (κ3) is 4.18. The van der Waals surface area contributed by atoms with Gasteiger partial charge in [0.1, 0.15) is 24.4 Å². The quantitative estimate of drug-likeness (QED) is 0.558. The Morgan fingerprint density at radius 2 is 1.93 bits per heavy atom. The molecule has 7 nitrogen and oxygen atoms in total. The van der Waals surface area contributed by atoms with E-state index in [-0.39, 0.29) is 18.5 Å². The highest BCUT2D eigenvalue weighted by Gasteiger charge is 2.49. The lowest BCUT2D eigenvalue weighted by Gasteiger charge is -2.22. The molecule has 1 aliphatic carbocycles. The Labute approximate surface area is 165 Å². The molecule has 1 saturated heterocycles. The molecule has 3 rings (SSSR count). The Hall–Kier alpha value is -2.83. The second-order valence-electron chi connectivity index (χ2n) is 7.77. The lowest BCUT2D eigenvalue weighted by molar-refractivity contribution is -0.135. The van der Waals surface area contributed by atoms with Gasteiger partial charge in [0.25, 0.3) is 5.91 Å². The predicted octanol–water partition coefficient (Wildman–Crippen LogP) is 2.47. The number of rotatable bonds is 7. The summed E-state index contributed by atoms with van der Waals surface area (Å²) in [5.74, 6) is -0.0854. The minimum absolute atomic E-state index is 0.145. The molecular weight excluding hydrogens is 358 g/mol. The fourth-order valence-corrected chi connectivity index (χ4v) is 3.61. The normalized spacial score (nSPS) is 22.3. The van der Waals surface area contributed by atoms with Gasteiger partial charge in [-0.15, -0.1) is 0 Å². The number of carbonyl (C=O) groups excluding carboxylic acids is 3. The summed E-state index contributed by atoms with van der Waals surface area (Å²) in [6.45, 7) is 7.45. The van der Waals surface area contributed by atoms with Gasteiger partial charge in [0, 0.05) is 6.04 Å². The minimum Gasteiger partial charge on any atom is -0.489 e. The third-order valence-electron chi connectivity index (χ3n) is 5.21. The van der Waals surface area contributed by atoms with Crippen molar-refractivity contribution in [3.63, 3.8) is 0 Å². The van der Waals surface area contributed by atoms with Crippen LogP contribution in [-0.2, 0) is 15.1 Å². The van der Waals surface area contributed by atoms with Crippen LogP contribution in [-0.4, -0.2) is 41.9 Å². The van der Waals surface area contributed by atoms with Crippen LogP contribution in [0.25, 0.3) is 0 Å². The van der Waals surface area contributed by atoms with E-state index in [0.29, 0.717) is 17.9 Å². The minimum atomic E-state index is -1.21. The molecule has 0 aromatic heterocycles. The first-order chi connectivity index (χ1) is 13.3. The van der Waals surface area contributed by atoms with E-state index in [0.717, 1.165) is 36.2 Å². The smallest absolute Gasteiger partial charge is 0.325 e. The molecule has 2 aliphatic rings. The van der Waals surface area contributed by atoms with Gasteiger partial charge in [0.2, 0.25) is 5.91 Å². The summed E-state index contributed by atoms with van der Waals surface area (Å²) in [6, 6.07) is 6.57. The Morgan fingerprint density at radius 3 is 2.54 bits per heavy atom. The highest BCUT2D eigenvalue weighted by Crippen LogP contribution is 2.30. The van der Waals surface area contributed by atoms with E-state index in [1.54, 1.807) is 31.2 Å². The van der Waals surface area contributed by atoms with E-state index in [1.165, 1.54) is 0 Å². The maximum absolute atomic E-state index is 12.9. The molecule has 1 saturated carbocycles. The van der Waals surface area contributed by atoms with Gasteiger partial charge in [-0.05, 0) is 50.0 Å². The van der Waals surface area contributed by atoms with Gasteiger partial charge in [-0.3, -0.25) is 14.5 Å². The molecule has 1 aromatic rings. The average molecular weight is 385 g/mol. The summed E-state index contributed by atoms with van der Waals surface area (Å²) in [4.78, 5) is 38.5. The van der Waals surface area contributed by atoms with Crippen molar-refractivity contribution in [1.82, 2.24) is 15.5 Å². The summed E-state index contributed by atoms with van der Waals surface area (Å²) in [7, 11) is 0. The van der Waals surface area contributed by atoms with E-state index < -0.39 is 17.5 Å². The lowest BCUT2D eigenvalue weighted by atomic mass is 9.92. The zero-order chi connectivity index (χ0) is 20.3. The van der Waals surface area contributed by atoms with E-state index in [2.05, 4.69) is 17.2 Å². The van der Waals surface area contributed by atoms with Crippen LogP contribution in [0.2, 0.25) is 0 Å². The maximum Gasteiger partial charge on any atom is 0.325 e. The van der Waals surface area contributed by atoms with Gasteiger partial charge in [0.15, 0.2) is 0 Å². The SMILES string of the molecule is C=C(C)COc1ccc(C2(C)NC(=O)N(CC(=O)NC3CCCC3)C2=O)cc1. The first-order valence-electron chi connectivity index (χ1n) is 9.61. The van der Waals surface area contributed by atoms with Crippen LogP contribution in [0.5, 0.6) is 5.75 Å². The van der Waals surface area contributed by atoms with Gasteiger partial charge in [-0.25, -0.2) is 4.79 Å². The molecule has 28 heavy (non-hydrogen) atoms. The Balaban J connectivity index is 1.66. The number of carbonyl (C=O) groups is 3. The number of hydrogen-bond donors (Lipinski definition) is 2. The number of nitrogens with one attached hydrogen (secondary N) is 2. The predicted molar refractivity (Wildman–Crippen MR) is 105 cm³/mol. The fourth-order valence-electron chi connectivity index (χ4n) is 3.61. The van der Waals surface area contributed by atoms with Crippen molar-refractivity contribution >= 4 is 17.8 Å². The summed E-state index contributed by atoms with van der Waals surface area (Å²) < 4.78 is 5.57. The second kappa shape index (κ2) is 8.04. The molecule has 1 unspecified atom stereocenters. The molecular formula is C21H27N3O4. The molecule has 0 radical (unpaired) electrons. The monoisotopic (exact) mass is 385 g/mol. The van der Waals surface area contributed by atoms with Crippen molar-refractivity contribution in [2.24, 2.45) is 0 Å². The van der Waals surface area contributed by atoms with Crippen LogP contribution in [0.3, 0.4) is 0 Å². The van der Waals surface area contributed by atoms with Gasteiger partial charge in [-0.1, -0.05) is 31.6 Å². The molecule has 2 N–H and O–H groups in total. The number of hydrogen-bond acceptors (Lipinski definition) is 4. The van der Waals surface area contributed by atoms with Crippen molar-refractivity contribution in [2.45, 2.75) is 51.1 Å². The van der Waals surface area contributed by atoms with Gasteiger partial charge >= 0.3 is 6.03 Å². The molecule has 4 amide bonds. The summed E-state index contributed by atoms with van der Waals surface area (Å²) >= 11 is 0. The van der Waals surface area contributed by atoms with Crippen LogP contribution in [0, 0.1) is 0 Å². The summed E-state index contributed by atoms with van der Waals surface area (Å²) in [5, 5.41) is 5.63. The number of benzene rings is 1. The molecule has 0 spiro atoms. The summed E-state index contributed by atoms with van der Waals surface area (Å²) in [6.07, 6.45) is 4.09. The standard InChI is InChI=1S/C21H27N3O4/c1-14(2)13-28-17-10-8-15(9-11-17)21(3)19(26)24(20(27)23-21)12-18(25)22-16-6-4-5-7-16/h8-11,16H,1,4-7,12-13H2,2-3H3,(H,22,25)(H,23,27). The number of urea groups is 1. The average Bonchev–Trinajstić information content (AvgIpc) is 3.23. The summed E-state index contributed by atoms with van der Waals surface area (Å²) in [5.41, 5.74) is 0.324. The number of nitrogens with zero attached hydrogens (tertiary/aromatic N) is 1. The molecule has 1 aliphatic heterocycles. The van der Waals surface area contributed by atoms with Crippen molar-refractivity contribution in [2.75, 3.05) is 13.2 Å². The molecule has 150 valence electrons. The van der Waals surface area contributed by atoms with Gasteiger partial charge < -0.3 is 15.4 Å². The largest absolute Gasteiger partial charge is 0.489 e. The van der Waals surface area contributed by atoms with E-state index in [1.807, 2.05) is 6.92 Å². The van der Waals surface area contributed by atoms with Crippen LogP contribution in [0.15, 0.2) is 36.4 Å². The van der Waals surface area contributed by atoms with Crippen LogP contribution in [0.4, 0.5) is 4.79 Å². The Bertz CT molecular complexity index is 783. The molecule has 7 heteroatoms. The third-order valence-corrected chi connectivity index (χ3v) is 5.21. The van der Waals surface area contributed by atoms with E-state index >= 15 is 0 Å². The van der Waals surface area contributed by atoms with Crippen molar-refractivity contribution < 1.29 is 19.1 Å². The van der Waals surface area contributed by atoms with Crippen molar-refractivity contribution in [3.8, 4) is 5.75 Å². The van der Waals surface area contributed by atoms with Crippen LogP contribution < -0.4 is 15.4 Å². The van der Waals surface area contributed by atoms with Crippen LogP contribution in [0.1, 0.15) is 45.1 Å². The van der Waals surface area contributed by atoms with Crippen molar-refractivity contribution in [1.29, 1.82) is 0 Å². The molecule has 1 heterocycles. The Morgan fingerprint density at radius 1 is 1.29 bits per heavy atom. The Kier molecular flexibility index (Phi) is 5.72. The first kappa shape index (κ1) is 19.9. The maximum atomic E-state index is 12.9.